The highest BCUT2D eigenvalue weighted by Crippen LogP contribution is 2.13. The summed E-state index contributed by atoms with van der Waals surface area (Å²) < 4.78 is 42.6. The Kier molecular flexibility index (Phi) is 8.46. The fourth-order valence-corrected chi connectivity index (χ4v) is 2.65. The molecule has 162 valence electrons. The van der Waals surface area contributed by atoms with E-state index in [0.29, 0.717) is 39.5 Å². The molecule has 3 heterocycles. The first-order valence-corrected chi connectivity index (χ1v) is 8.95. The van der Waals surface area contributed by atoms with E-state index in [1.54, 1.807) is 6.20 Å². The first-order valence-electron chi connectivity index (χ1n) is 8.95. The van der Waals surface area contributed by atoms with Crippen molar-refractivity contribution in [1.29, 1.82) is 0 Å². The first-order chi connectivity index (χ1) is 13.8. The van der Waals surface area contributed by atoms with Gasteiger partial charge >= 0.3 is 18.2 Å². The minimum atomic E-state index is -5.08. The first kappa shape index (κ1) is 22.7. The highest BCUT2D eigenvalue weighted by atomic mass is 19.4. The van der Waals surface area contributed by atoms with Crippen molar-refractivity contribution in [3.8, 4) is 0 Å². The zero-order valence-electron chi connectivity index (χ0n) is 15.6. The second kappa shape index (κ2) is 10.8. The van der Waals surface area contributed by atoms with Crippen molar-refractivity contribution in [3.05, 3.63) is 24.4 Å². The average Bonchev–Trinajstić information content (AvgIpc) is 2.73. The number of amides is 2. The number of hydrogen-bond acceptors (Lipinski definition) is 6. The highest BCUT2D eigenvalue weighted by Gasteiger charge is 2.38. The molecule has 0 bridgehead atoms. The third kappa shape index (κ3) is 7.74. The molecule has 0 aromatic carbocycles. The summed E-state index contributed by atoms with van der Waals surface area (Å²) in [6.07, 6.45) is -3.33. The standard InChI is InChI=1S/C15H22N4O3.C2HF3O2/c20-15(17-11-13-12-21-9-10-22-13)19-7-5-18(6-8-19)14-3-1-2-4-16-14;3-2(4,5)1(6)7/h1-4,13H,5-12H2,(H,17,20);(H,6,7)/t13-;/m0./s1. The van der Waals surface area contributed by atoms with Gasteiger partial charge in [0, 0.05) is 38.9 Å². The smallest absolute Gasteiger partial charge is 0.475 e. The number of aliphatic carboxylic acids is 1. The van der Waals surface area contributed by atoms with E-state index >= 15 is 0 Å². The van der Waals surface area contributed by atoms with Crippen molar-refractivity contribution in [1.82, 2.24) is 15.2 Å². The Morgan fingerprint density at radius 2 is 1.90 bits per heavy atom. The van der Waals surface area contributed by atoms with Crippen LogP contribution in [0.1, 0.15) is 0 Å². The van der Waals surface area contributed by atoms with Crippen LogP contribution in [0.5, 0.6) is 0 Å². The SMILES string of the molecule is O=C(NC[C@H]1COCCO1)N1CCN(c2ccccn2)CC1.O=C(O)C(F)(F)F. The Morgan fingerprint density at radius 3 is 2.41 bits per heavy atom. The summed E-state index contributed by atoms with van der Waals surface area (Å²) in [5.74, 6) is -1.79. The van der Waals surface area contributed by atoms with E-state index in [1.165, 1.54) is 0 Å². The van der Waals surface area contributed by atoms with Gasteiger partial charge in [0.05, 0.1) is 25.9 Å². The second-order valence-corrected chi connectivity index (χ2v) is 6.22. The number of aromatic nitrogens is 1. The van der Waals surface area contributed by atoms with Crippen LogP contribution in [-0.2, 0) is 14.3 Å². The van der Waals surface area contributed by atoms with Gasteiger partial charge in [0.1, 0.15) is 5.82 Å². The van der Waals surface area contributed by atoms with Gasteiger partial charge in [-0.2, -0.15) is 13.2 Å². The lowest BCUT2D eigenvalue weighted by molar-refractivity contribution is -0.192. The average molecular weight is 420 g/mol. The van der Waals surface area contributed by atoms with Gasteiger partial charge in [-0.15, -0.1) is 0 Å². The van der Waals surface area contributed by atoms with Gasteiger partial charge in [-0.3, -0.25) is 0 Å². The fourth-order valence-electron chi connectivity index (χ4n) is 2.65. The summed E-state index contributed by atoms with van der Waals surface area (Å²) in [5, 5.41) is 10.0. The monoisotopic (exact) mass is 420 g/mol. The topological polar surface area (TPSA) is 104 Å². The Morgan fingerprint density at radius 1 is 1.21 bits per heavy atom. The van der Waals surface area contributed by atoms with Crippen LogP contribution in [0, 0.1) is 0 Å². The number of pyridine rings is 1. The zero-order valence-corrected chi connectivity index (χ0v) is 15.6. The van der Waals surface area contributed by atoms with Gasteiger partial charge in [0.15, 0.2) is 0 Å². The number of ether oxygens (including phenoxy) is 2. The molecule has 29 heavy (non-hydrogen) atoms. The van der Waals surface area contributed by atoms with E-state index in [4.69, 9.17) is 19.4 Å². The molecule has 1 aromatic heterocycles. The number of rotatable bonds is 3. The number of carboxylic acids is 1. The van der Waals surface area contributed by atoms with E-state index in [9.17, 15) is 18.0 Å². The number of hydrogen-bond donors (Lipinski definition) is 2. The van der Waals surface area contributed by atoms with Gasteiger partial charge in [0.25, 0.3) is 0 Å². The minimum Gasteiger partial charge on any atom is -0.475 e. The number of carboxylic acid groups (broad SMARTS) is 1. The maximum absolute atomic E-state index is 12.2. The van der Waals surface area contributed by atoms with E-state index in [0.717, 1.165) is 18.9 Å². The lowest BCUT2D eigenvalue weighted by Crippen LogP contribution is -2.53. The van der Waals surface area contributed by atoms with Gasteiger partial charge in [-0.25, -0.2) is 14.6 Å². The van der Waals surface area contributed by atoms with Gasteiger partial charge < -0.3 is 29.7 Å². The van der Waals surface area contributed by atoms with Crippen LogP contribution in [0.3, 0.4) is 0 Å². The number of nitrogens with zero attached hydrogens (tertiary/aromatic N) is 3. The summed E-state index contributed by atoms with van der Waals surface area (Å²) in [6, 6.07) is 5.85. The molecule has 1 aromatic rings. The molecule has 2 aliphatic heterocycles. The molecule has 0 unspecified atom stereocenters. The summed E-state index contributed by atoms with van der Waals surface area (Å²) in [5.41, 5.74) is 0. The number of carbonyl (C=O) groups excluding carboxylic acids is 1. The van der Waals surface area contributed by atoms with Gasteiger partial charge in [0.2, 0.25) is 0 Å². The van der Waals surface area contributed by atoms with Crippen LogP contribution >= 0.6 is 0 Å². The van der Waals surface area contributed by atoms with Crippen LogP contribution in [0.15, 0.2) is 24.4 Å². The second-order valence-electron chi connectivity index (χ2n) is 6.22. The third-order valence-corrected chi connectivity index (χ3v) is 4.15. The summed E-state index contributed by atoms with van der Waals surface area (Å²) in [4.78, 5) is 29.4. The quantitative estimate of drug-likeness (QED) is 0.751. The van der Waals surface area contributed by atoms with E-state index in [1.807, 2.05) is 23.1 Å². The Balaban J connectivity index is 0.000000370. The molecule has 3 rings (SSSR count). The summed E-state index contributed by atoms with van der Waals surface area (Å²) in [6.45, 7) is 5.28. The lowest BCUT2D eigenvalue weighted by atomic mass is 10.3. The van der Waals surface area contributed by atoms with Gasteiger partial charge in [-0.1, -0.05) is 6.07 Å². The van der Waals surface area contributed by atoms with Crippen LogP contribution in [0.25, 0.3) is 0 Å². The molecule has 0 aliphatic carbocycles. The normalized spacial score (nSPS) is 19.8. The minimum absolute atomic E-state index is 0.0326. The van der Waals surface area contributed by atoms with Crippen molar-refractivity contribution in [3.63, 3.8) is 0 Å². The molecule has 2 amide bonds. The summed E-state index contributed by atoms with van der Waals surface area (Å²) in [7, 11) is 0. The third-order valence-electron chi connectivity index (χ3n) is 4.15. The van der Waals surface area contributed by atoms with E-state index in [2.05, 4.69) is 15.2 Å². The number of carbonyl (C=O) groups is 2. The van der Waals surface area contributed by atoms with Crippen molar-refractivity contribution >= 4 is 17.8 Å². The summed E-state index contributed by atoms with van der Waals surface area (Å²) >= 11 is 0. The molecule has 2 N–H and O–H groups in total. The Bertz CT molecular complexity index is 648. The van der Waals surface area contributed by atoms with Crippen molar-refractivity contribution in [2.45, 2.75) is 12.3 Å². The zero-order chi connectivity index (χ0) is 21.3. The predicted molar refractivity (Wildman–Crippen MR) is 95.7 cm³/mol. The maximum atomic E-state index is 12.2. The molecular weight excluding hydrogens is 397 g/mol. The predicted octanol–water partition coefficient (Wildman–Crippen LogP) is 0.962. The molecule has 2 saturated heterocycles. The number of urea groups is 1. The number of halogens is 3. The molecule has 0 saturated carbocycles. The number of piperazine rings is 1. The molecule has 0 spiro atoms. The Hall–Kier alpha value is -2.60. The molecule has 9 nitrogen and oxygen atoms in total. The van der Waals surface area contributed by atoms with Crippen LogP contribution in [0.4, 0.5) is 23.8 Å². The van der Waals surface area contributed by atoms with Crippen molar-refractivity contribution < 1.29 is 37.3 Å². The number of alkyl halides is 3. The number of nitrogens with one attached hydrogen (secondary N) is 1. The van der Waals surface area contributed by atoms with Gasteiger partial charge in [-0.05, 0) is 12.1 Å². The van der Waals surface area contributed by atoms with Crippen LogP contribution < -0.4 is 10.2 Å². The molecule has 2 fully saturated rings. The number of anilines is 1. The molecule has 1 atom stereocenters. The largest absolute Gasteiger partial charge is 0.490 e. The van der Waals surface area contributed by atoms with Crippen LogP contribution in [-0.4, -0.2) is 91.8 Å². The Labute approximate surface area is 165 Å². The maximum Gasteiger partial charge on any atom is 0.490 e. The van der Waals surface area contributed by atoms with E-state index < -0.39 is 12.1 Å². The molecular formula is C17H23F3N4O5. The van der Waals surface area contributed by atoms with E-state index in [-0.39, 0.29) is 12.1 Å². The highest BCUT2D eigenvalue weighted by molar-refractivity contribution is 5.74. The molecule has 0 radical (unpaired) electrons. The van der Waals surface area contributed by atoms with Crippen LogP contribution in [0.2, 0.25) is 0 Å². The fraction of sp³-hybridized carbons (Fsp3) is 0.588. The van der Waals surface area contributed by atoms with Crippen molar-refractivity contribution in [2.24, 2.45) is 0 Å². The molecule has 12 heteroatoms. The van der Waals surface area contributed by atoms with Crippen molar-refractivity contribution in [2.75, 3.05) is 57.4 Å². The lowest BCUT2D eigenvalue weighted by Gasteiger charge is -2.35. The molecule has 2 aliphatic rings.